The lowest BCUT2D eigenvalue weighted by Gasteiger charge is -2.40. The third-order valence-electron chi connectivity index (χ3n) is 16.2. The number of carbonyl (C=O) groups is 4. The number of amides is 4. The Bertz CT molecular complexity index is 3230. The zero-order chi connectivity index (χ0) is 61.2. The summed E-state index contributed by atoms with van der Waals surface area (Å²) in [5.41, 5.74) is 5.91. The molecule has 0 spiro atoms. The number of hydrogen-bond donors (Lipinski definition) is 2. The van der Waals surface area contributed by atoms with Gasteiger partial charge >= 0.3 is 12.2 Å². The first-order valence-corrected chi connectivity index (χ1v) is 35.1. The fourth-order valence-corrected chi connectivity index (χ4v) is 12.5. The van der Waals surface area contributed by atoms with Crippen LogP contribution in [0.1, 0.15) is 110 Å². The number of aromatic nitrogens is 2. The largest absolute Gasteiger partial charge is 0.447 e. The van der Waals surface area contributed by atoms with Crippen LogP contribution in [0.5, 0.6) is 0 Å². The molecular formula is C66H85BrN4O10Si2. The topological polar surface area (TPSA) is 178 Å². The highest BCUT2D eigenvalue weighted by atomic mass is 79.9. The van der Waals surface area contributed by atoms with Gasteiger partial charge in [-0.15, -0.1) is 6.58 Å². The summed E-state index contributed by atoms with van der Waals surface area (Å²) in [5, 5.41) is 21.4. The molecule has 0 bridgehead atoms. The molecule has 8 rings (SSSR count). The molecule has 4 amide bonds. The van der Waals surface area contributed by atoms with Gasteiger partial charge in [0.15, 0.2) is 16.6 Å². The van der Waals surface area contributed by atoms with E-state index in [9.17, 15) is 29.4 Å². The van der Waals surface area contributed by atoms with E-state index in [1.807, 2.05) is 147 Å². The number of carbonyl (C=O) groups excluding carboxylic acids is 4. The lowest BCUT2D eigenvalue weighted by molar-refractivity contribution is -0.135. The standard InChI is InChI=1S/C33H42N2O5Si.C22H33NO4Si.C11H10BrNO/c1-22(36)29-18-16-26-15-13-25(20-30(26)34-29)14-17-28(23(2)40-41(6,7)33(3,4)5)31(37)35-27(21-39-32(35)38)19-24-11-9-8-10-12-24;1-8-19(16(2)27-28(6,7)22(3,4)5)20(24)23-18(15-26-21(23)25)14-17-12-10-9-11-13-17;1-7(14)10-5-3-8-2-4-9(12)6-11(8)13-10/h8-18,20,22-23,27-28,36H,19,21H2,1-7H3;8-13,16,18-19H,1,14-15H2,2-7H3;2-7,14H,1H3/b17-14+;;/t22-,23+,27-,28-;16-,18+,19+;7-/m101/s1. The Balaban J connectivity index is 0.000000225. The molecule has 83 heavy (non-hydrogen) atoms. The maximum atomic E-state index is 14.2. The van der Waals surface area contributed by atoms with E-state index in [0.29, 0.717) is 24.2 Å². The van der Waals surface area contributed by atoms with E-state index in [4.69, 9.17) is 18.3 Å². The minimum Gasteiger partial charge on any atom is -0.447 e. The van der Waals surface area contributed by atoms with Crippen molar-refractivity contribution in [1.29, 1.82) is 0 Å². The number of hydrogen-bond acceptors (Lipinski definition) is 12. The molecule has 444 valence electrons. The van der Waals surface area contributed by atoms with E-state index >= 15 is 0 Å². The van der Waals surface area contributed by atoms with Crippen molar-refractivity contribution < 1.29 is 47.7 Å². The molecule has 2 fully saturated rings. The van der Waals surface area contributed by atoms with E-state index < -0.39 is 65.0 Å². The second-order valence-electron chi connectivity index (χ2n) is 24.7. The van der Waals surface area contributed by atoms with Gasteiger partial charge in [0.1, 0.15) is 13.2 Å². The van der Waals surface area contributed by atoms with Gasteiger partial charge in [0, 0.05) is 15.2 Å². The highest BCUT2D eigenvalue weighted by Crippen LogP contribution is 2.40. The van der Waals surface area contributed by atoms with Crippen LogP contribution in [0, 0.1) is 11.8 Å². The SMILES string of the molecule is C=C[C@@H](C(=O)N1C(=O)OC[C@H]1Cc1ccccc1)[C@H](C)O[Si](C)(C)C(C)(C)C.C[C@@H](O)c1ccc2ccc(Br)cc2n1.C[C@H](O[Si](C)(C)C(C)(C)C)[C@@H](/C=C/c1ccc2ccc([C@@H](C)O)nc2c1)C(=O)N1C(=O)OC[C@H]1Cc1ccccc1. The van der Waals surface area contributed by atoms with Crippen LogP contribution in [0.4, 0.5) is 9.59 Å². The van der Waals surface area contributed by atoms with Gasteiger partial charge in [-0.3, -0.25) is 19.6 Å². The molecule has 14 nitrogen and oxygen atoms in total. The van der Waals surface area contributed by atoms with Crippen LogP contribution in [0.2, 0.25) is 36.3 Å². The fraction of sp³-hybridized carbons (Fsp3) is 0.424. The van der Waals surface area contributed by atoms with E-state index in [0.717, 1.165) is 43.0 Å². The lowest BCUT2D eigenvalue weighted by Crippen LogP contribution is -2.50. The Kier molecular flexibility index (Phi) is 22.4. The van der Waals surface area contributed by atoms with Crippen LogP contribution >= 0.6 is 15.9 Å². The molecule has 2 N–H and O–H groups in total. The van der Waals surface area contributed by atoms with Crippen molar-refractivity contribution in [2.45, 2.75) is 155 Å². The van der Waals surface area contributed by atoms with Crippen molar-refractivity contribution in [1.82, 2.24) is 19.8 Å². The number of fused-ring (bicyclic) bond motifs is 2. The van der Waals surface area contributed by atoms with Crippen molar-refractivity contribution in [2.75, 3.05) is 13.2 Å². The average Bonchev–Trinajstić information content (AvgIpc) is 4.25. The second kappa shape index (κ2) is 28.1. The number of ether oxygens (including phenoxy) is 2. The van der Waals surface area contributed by atoms with Crippen LogP contribution in [-0.4, -0.2) is 108 Å². The predicted molar refractivity (Wildman–Crippen MR) is 338 cm³/mol. The predicted octanol–water partition coefficient (Wildman–Crippen LogP) is 14.8. The van der Waals surface area contributed by atoms with Gasteiger partial charge in [-0.05, 0) is 124 Å². The molecule has 2 saturated heterocycles. The monoisotopic (exact) mass is 1230 g/mol. The molecule has 6 aromatic rings. The maximum absolute atomic E-state index is 14.2. The van der Waals surface area contributed by atoms with Crippen molar-refractivity contribution in [3.63, 3.8) is 0 Å². The quantitative estimate of drug-likeness (QED) is 0.0653. The number of pyridine rings is 2. The molecule has 2 aliphatic heterocycles. The molecule has 2 aliphatic rings. The van der Waals surface area contributed by atoms with Crippen molar-refractivity contribution in [3.05, 3.63) is 173 Å². The van der Waals surface area contributed by atoms with E-state index in [1.54, 1.807) is 19.9 Å². The highest BCUT2D eigenvalue weighted by Gasteiger charge is 2.46. The number of halogens is 1. The van der Waals surface area contributed by atoms with Gasteiger partial charge in [-0.25, -0.2) is 19.4 Å². The van der Waals surface area contributed by atoms with Gasteiger partial charge in [-0.1, -0.05) is 167 Å². The number of rotatable bonds is 17. The summed E-state index contributed by atoms with van der Waals surface area (Å²) in [6.07, 6.45) is 3.19. The molecule has 0 saturated carbocycles. The van der Waals surface area contributed by atoms with Crippen molar-refractivity contribution in [3.8, 4) is 0 Å². The Morgan fingerprint density at radius 2 is 1.04 bits per heavy atom. The molecule has 0 aliphatic carbocycles. The minimum absolute atomic E-state index is 0.0262. The van der Waals surface area contributed by atoms with E-state index in [-0.39, 0.29) is 47.3 Å². The molecule has 0 radical (unpaired) electrons. The summed E-state index contributed by atoms with van der Waals surface area (Å²) in [6, 6.07) is 38.3. The number of imide groups is 2. The Morgan fingerprint density at radius 3 is 1.46 bits per heavy atom. The number of nitrogens with zero attached hydrogens (tertiary/aromatic N) is 4. The number of aliphatic hydroxyl groups is 2. The molecule has 4 aromatic carbocycles. The normalized spacial score (nSPS) is 18.0. The molecule has 4 heterocycles. The van der Waals surface area contributed by atoms with Gasteiger partial charge in [0.2, 0.25) is 11.8 Å². The van der Waals surface area contributed by atoms with E-state index in [2.05, 4.69) is 100 Å². The second-order valence-corrected chi connectivity index (χ2v) is 35.1. The average molecular weight is 1230 g/mol. The maximum Gasteiger partial charge on any atom is 0.417 e. The first-order valence-electron chi connectivity index (χ1n) is 28.5. The molecule has 2 aromatic heterocycles. The van der Waals surface area contributed by atoms with Crippen molar-refractivity contribution >= 4 is 84.4 Å². The Hall–Kier alpha value is -6.19. The number of cyclic esters (lactones) is 2. The Labute approximate surface area is 501 Å². The van der Waals surface area contributed by atoms with Gasteiger partial charge in [0.05, 0.1) is 70.8 Å². The summed E-state index contributed by atoms with van der Waals surface area (Å²) >= 11 is 3.39. The third kappa shape index (κ3) is 17.2. The summed E-state index contributed by atoms with van der Waals surface area (Å²) in [5.74, 6) is -1.94. The van der Waals surface area contributed by atoms with Crippen molar-refractivity contribution in [2.24, 2.45) is 11.8 Å². The zero-order valence-electron chi connectivity index (χ0n) is 50.8. The van der Waals surface area contributed by atoms with Crippen LogP contribution in [0.3, 0.4) is 0 Å². The number of benzene rings is 4. The van der Waals surface area contributed by atoms with Crippen LogP contribution in [-0.2, 0) is 40.8 Å². The zero-order valence-corrected chi connectivity index (χ0v) is 54.3. The van der Waals surface area contributed by atoms with Crippen LogP contribution < -0.4 is 0 Å². The van der Waals surface area contributed by atoms with Crippen LogP contribution in [0.25, 0.3) is 27.9 Å². The first-order chi connectivity index (χ1) is 38.9. The number of aliphatic hydroxyl groups excluding tert-OH is 2. The molecular weight excluding hydrogens is 1140 g/mol. The Morgan fingerprint density at radius 1 is 0.639 bits per heavy atom. The fourth-order valence-electron chi connectivity index (χ4n) is 9.26. The smallest absolute Gasteiger partial charge is 0.417 e. The van der Waals surface area contributed by atoms with Gasteiger partial charge in [-0.2, -0.15) is 0 Å². The van der Waals surface area contributed by atoms with Gasteiger partial charge < -0.3 is 28.5 Å². The summed E-state index contributed by atoms with van der Waals surface area (Å²) in [7, 11) is -4.29. The van der Waals surface area contributed by atoms with Crippen LogP contribution in [0.15, 0.2) is 145 Å². The van der Waals surface area contributed by atoms with Gasteiger partial charge in [0.25, 0.3) is 0 Å². The lowest BCUT2D eigenvalue weighted by atomic mass is 9.98. The minimum atomic E-state index is -2.23. The third-order valence-corrected chi connectivity index (χ3v) is 25.8. The molecule has 8 atom stereocenters. The molecule has 17 heteroatoms. The highest BCUT2D eigenvalue weighted by molar-refractivity contribution is 9.10. The summed E-state index contributed by atoms with van der Waals surface area (Å²) in [6.45, 7) is 33.0. The summed E-state index contributed by atoms with van der Waals surface area (Å²) < 4.78 is 24.7. The van der Waals surface area contributed by atoms with E-state index in [1.165, 1.54) is 9.80 Å². The first kappa shape index (κ1) is 66.0. The molecule has 0 unspecified atom stereocenters. The summed E-state index contributed by atoms with van der Waals surface area (Å²) in [4.78, 5) is 64.1.